The van der Waals surface area contributed by atoms with Crippen LogP contribution in [-0.4, -0.2) is 63.0 Å². The standard InChI is InChI=1S/C47H58N4O7/c1-2-3-4-5-6-7-8-9-10-11-12-13-14-15-28-48-46(54)39-29-38(39)32-16-20-34(21-17-32)43-44(35-24-26-37(27-25-35)57-31-42(52)53)50-45(49-43)36-22-18-33(19-23-36)40-30-41(47(55)56)58-51-40/h16-27,38-39,41H,2-15,28-31H2,1H3,(H,48,54)(H,49,50)(H,52,53)(H,55,56). The second-order valence-electron chi connectivity index (χ2n) is 15.7. The highest BCUT2D eigenvalue weighted by molar-refractivity contribution is 6.03. The fourth-order valence-corrected chi connectivity index (χ4v) is 7.70. The number of carboxylic acids is 2. The molecule has 3 aromatic carbocycles. The van der Waals surface area contributed by atoms with Crippen molar-refractivity contribution in [2.75, 3.05) is 13.2 Å². The van der Waals surface area contributed by atoms with Crippen LogP contribution in [-0.2, 0) is 19.2 Å². The minimum Gasteiger partial charge on any atom is -0.482 e. The zero-order valence-electron chi connectivity index (χ0n) is 33.7. The molecule has 3 unspecified atom stereocenters. The number of hydrogen-bond donors (Lipinski definition) is 4. The van der Waals surface area contributed by atoms with Gasteiger partial charge in [-0.05, 0) is 54.2 Å². The van der Waals surface area contributed by atoms with E-state index in [1.165, 1.54) is 83.5 Å². The second-order valence-corrected chi connectivity index (χ2v) is 15.7. The van der Waals surface area contributed by atoms with E-state index < -0.39 is 24.6 Å². The molecule has 1 saturated carbocycles. The third kappa shape index (κ3) is 12.0. The highest BCUT2D eigenvalue weighted by Gasteiger charge is 2.43. The highest BCUT2D eigenvalue weighted by atomic mass is 16.7. The van der Waals surface area contributed by atoms with Crippen LogP contribution < -0.4 is 10.1 Å². The molecule has 6 rings (SSSR count). The lowest BCUT2D eigenvalue weighted by Crippen LogP contribution is -2.26. The molecule has 2 aliphatic rings. The zero-order chi connectivity index (χ0) is 40.7. The molecule has 0 bridgehead atoms. The van der Waals surface area contributed by atoms with Crippen molar-refractivity contribution in [3.8, 4) is 39.7 Å². The summed E-state index contributed by atoms with van der Waals surface area (Å²) < 4.78 is 5.35. The first-order chi connectivity index (χ1) is 28.3. The van der Waals surface area contributed by atoms with Crippen molar-refractivity contribution in [1.82, 2.24) is 15.3 Å². The van der Waals surface area contributed by atoms with E-state index in [9.17, 15) is 19.5 Å². The number of rotatable bonds is 25. The molecular formula is C47H58N4O7. The molecule has 0 saturated heterocycles. The molecule has 1 aliphatic carbocycles. The number of H-pyrrole nitrogens is 1. The Hall–Kier alpha value is -5.45. The number of aromatic nitrogens is 2. The van der Waals surface area contributed by atoms with Crippen molar-refractivity contribution in [3.63, 3.8) is 0 Å². The number of carboxylic acid groups (broad SMARTS) is 2. The summed E-state index contributed by atoms with van der Waals surface area (Å²) in [6, 6.07) is 23.0. The first kappa shape index (κ1) is 42.2. The van der Waals surface area contributed by atoms with Crippen LogP contribution in [0.25, 0.3) is 33.9 Å². The Morgan fingerprint density at radius 1 is 0.741 bits per heavy atom. The Kier molecular flexibility index (Phi) is 15.5. The average molecular weight is 791 g/mol. The number of aromatic amines is 1. The predicted molar refractivity (Wildman–Crippen MR) is 226 cm³/mol. The number of amides is 1. The summed E-state index contributed by atoms with van der Waals surface area (Å²) in [7, 11) is 0. The maximum Gasteiger partial charge on any atom is 0.348 e. The van der Waals surface area contributed by atoms with Gasteiger partial charge in [-0.2, -0.15) is 0 Å². The molecule has 11 heteroatoms. The van der Waals surface area contributed by atoms with Crippen molar-refractivity contribution in [3.05, 3.63) is 83.9 Å². The maximum atomic E-state index is 13.0. The molecule has 2 heterocycles. The van der Waals surface area contributed by atoms with Gasteiger partial charge in [-0.25, -0.2) is 14.6 Å². The number of imidazole rings is 1. The lowest BCUT2D eigenvalue weighted by molar-refractivity contribution is -0.148. The average Bonchev–Trinajstić information content (AvgIpc) is 3.65. The lowest BCUT2D eigenvalue weighted by atomic mass is 10.0. The van der Waals surface area contributed by atoms with Gasteiger partial charge >= 0.3 is 11.9 Å². The smallest absolute Gasteiger partial charge is 0.348 e. The lowest BCUT2D eigenvalue weighted by Gasteiger charge is -2.08. The monoisotopic (exact) mass is 790 g/mol. The van der Waals surface area contributed by atoms with Gasteiger partial charge in [0.1, 0.15) is 11.6 Å². The van der Waals surface area contributed by atoms with Gasteiger partial charge in [0.15, 0.2) is 6.61 Å². The molecule has 11 nitrogen and oxygen atoms in total. The minimum absolute atomic E-state index is 0.00779. The van der Waals surface area contributed by atoms with E-state index in [-0.39, 0.29) is 24.2 Å². The quantitative estimate of drug-likeness (QED) is 0.0482. The summed E-state index contributed by atoms with van der Waals surface area (Å²) in [5, 5.41) is 25.4. The number of carbonyl (C=O) groups excluding carboxylic acids is 1. The minimum atomic E-state index is -1.05. The number of nitrogens with one attached hydrogen (secondary N) is 2. The summed E-state index contributed by atoms with van der Waals surface area (Å²) >= 11 is 0. The number of hydrogen-bond acceptors (Lipinski definition) is 7. The molecule has 1 fully saturated rings. The van der Waals surface area contributed by atoms with Crippen LogP contribution in [0.1, 0.15) is 127 Å². The number of nitrogens with zero attached hydrogens (tertiary/aromatic N) is 2. The van der Waals surface area contributed by atoms with Gasteiger partial charge in [0.25, 0.3) is 0 Å². The predicted octanol–water partition coefficient (Wildman–Crippen LogP) is 10.2. The number of oxime groups is 1. The van der Waals surface area contributed by atoms with E-state index in [2.05, 4.69) is 46.6 Å². The Bertz CT molecular complexity index is 1970. The van der Waals surface area contributed by atoms with E-state index in [4.69, 9.17) is 19.7 Å². The van der Waals surface area contributed by atoms with Gasteiger partial charge in [0.2, 0.25) is 12.0 Å². The Balaban J connectivity index is 1.01. The SMILES string of the molecule is CCCCCCCCCCCCCCCCNC(=O)C1CC1c1ccc(-c2[nH]c(-c3ccc(C4=NOC(C(=O)O)C4)cc3)nc2-c2ccc(OCC(=O)O)cc2)cc1. The van der Waals surface area contributed by atoms with E-state index in [0.717, 1.165) is 52.9 Å². The van der Waals surface area contributed by atoms with Crippen LogP contribution in [0.4, 0.5) is 0 Å². The van der Waals surface area contributed by atoms with Crippen LogP contribution in [0.5, 0.6) is 5.75 Å². The van der Waals surface area contributed by atoms with Crippen molar-refractivity contribution >= 4 is 23.6 Å². The van der Waals surface area contributed by atoms with E-state index in [0.29, 0.717) is 23.0 Å². The zero-order valence-corrected chi connectivity index (χ0v) is 33.7. The third-order valence-electron chi connectivity index (χ3n) is 11.2. The summed E-state index contributed by atoms with van der Waals surface area (Å²) in [4.78, 5) is 48.9. The number of ether oxygens (including phenoxy) is 1. The molecule has 58 heavy (non-hydrogen) atoms. The van der Waals surface area contributed by atoms with Crippen LogP contribution in [0.2, 0.25) is 0 Å². The Morgan fingerprint density at radius 2 is 1.31 bits per heavy atom. The maximum absolute atomic E-state index is 13.0. The highest BCUT2D eigenvalue weighted by Crippen LogP contribution is 2.48. The summed E-state index contributed by atoms with van der Waals surface area (Å²) in [5.74, 6) is -0.653. The molecule has 1 aromatic heterocycles. The van der Waals surface area contributed by atoms with Crippen molar-refractivity contribution in [2.45, 2.75) is 122 Å². The van der Waals surface area contributed by atoms with E-state index >= 15 is 0 Å². The van der Waals surface area contributed by atoms with Crippen LogP contribution in [0.3, 0.4) is 0 Å². The van der Waals surface area contributed by atoms with Gasteiger partial charge in [0, 0.05) is 35.6 Å². The topological polar surface area (TPSA) is 163 Å². The largest absolute Gasteiger partial charge is 0.482 e. The second kappa shape index (κ2) is 21.3. The molecule has 4 N–H and O–H groups in total. The van der Waals surface area contributed by atoms with Crippen LogP contribution in [0, 0.1) is 5.92 Å². The van der Waals surface area contributed by atoms with Gasteiger partial charge in [-0.3, -0.25) is 4.79 Å². The van der Waals surface area contributed by atoms with Crippen molar-refractivity contribution < 1.29 is 34.2 Å². The van der Waals surface area contributed by atoms with Crippen LogP contribution in [0.15, 0.2) is 78.0 Å². The number of carbonyl (C=O) groups is 3. The molecular weight excluding hydrogens is 733 g/mol. The Morgan fingerprint density at radius 3 is 1.90 bits per heavy atom. The van der Waals surface area contributed by atoms with Crippen LogP contribution >= 0.6 is 0 Å². The van der Waals surface area contributed by atoms with Gasteiger partial charge in [-0.15, -0.1) is 0 Å². The first-order valence-corrected chi connectivity index (χ1v) is 21.3. The first-order valence-electron chi connectivity index (χ1n) is 21.3. The van der Waals surface area contributed by atoms with Gasteiger partial charge in [0.05, 0.1) is 17.1 Å². The summed E-state index contributed by atoms with van der Waals surface area (Å²) in [6.45, 7) is 2.58. The molecule has 0 spiro atoms. The van der Waals surface area contributed by atoms with Gasteiger partial charge in [-0.1, -0.05) is 144 Å². The molecule has 1 amide bonds. The molecule has 4 aromatic rings. The molecule has 1 aliphatic heterocycles. The third-order valence-corrected chi connectivity index (χ3v) is 11.2. The fourth-order valence-electron chi connectivity index (χ4n) is 7.70. The normalized spacial score (nSPS) is 17.1. The fraction of sp³-hybridized carbons (Fsp3) is 0.468. The van der Waals surface area contributed by atoms with Gasteiger partial charge < -0.3 is 30.1 Å². The molecule has 308 valence electrons. The Labute approximate surface area is 341 Å². The molecule has 0 radical (unpaired) electrons. The number of unbranched alkanes of at least 4 members (excludes halogenated alkanes) is 13. The molecule has 3 atom stereocenters. The summed E-state index contributed by atoms with van der Waals surface area (Å²) in [6.07, 6.45) is 18.5. The van der Waals surface area contributed by atoms with Crippen molar-refractivity contribution in [2.24, 2.45) is 11.1 Å². The summed E-state index contributed by atoms with van der Waals surface area (Å²) in [5.41, 5.74) is 6.57. The van der Waals surface area contributed by atoms with E-state index in [1.807, 2.05) is 36.4 Å². The number of aliphatic carboxylic acids is 2. The van der Waals surface area contributed by atoms with Crippen molar-refractivity contribution in [1.29, 1.82) is 0 Å². The number of benzene rings is 3. The van der Waals surface area contributed by atoms with E-state index in [1.54, 1.807) is 12.1 Å².